The number of methoxy groups -OCH3 is 8. The lowest BCUT2D eigenvalue weighted by Crippen LogP contribution is -2.31. The minimum atomic E-state index is -4.03. The molecule has 2 N–H and O–H groups in total. The first-order valence-electron chi connectivity index (χ1n) is 23.6. The molecule has 8 rings (SSSR count). The van der Waals surface area contributed by atoms with Crippen LogP contribution < -0.4 is 47.3 Å². The zero-order valence-electron chi connectivity index (χ0n) is 44.6. The molecular weight excluding hydrogens is 1050 g/mol. The van der Waals surface area contributed by atoms with E-state index in [0.717, 1.165) is 0 Å². The average molecular weight is 1110 g/mol. The number of para-hydroxylation sites is 2. The first-order valence-corrected chi connectivity index (χ1v) is 26.7. The Balaban J connectivity index is 0.000000226. The molecule has 0 bridgehead atoms. The van der Waals surface area contributed by atoms with Gasteiger partial charge in [0.05, 0.1) is 104 Å². The fraction of sp³-hybridized carbons (Fsp3) is 0.320. The number of aromatic nitrogens is 12. The minimum Gasteiger partial charge on any atom is -0.494 e. The first kappa shape index (κ1) is 56.8. The van der Waals surface area contributed by atoms with Crippen molar-refractivity contribution >= 4 is 31.9 Å². The van der Waals surface area contributed by atoms with Crippen LogP contribution in [0.5, 0.6) is 46.5 Å². The van der Waals surface area contributed by atoms with Gasteiger partial charge in [-0.2, -0.15) is 0 Å². The molecule has 0 amide bonds. The maximum Gasteiger partial charge on any atom is 0.243 e. The number of hydrogen-bond donors (Lipinski definition) is 2. The topological polar surface area (TPSA) is 305 Å². The van der Waals surface area contributed by atoms with Gasteiger partial charge in [0.15, 0.2) is 11.6 Å². The van der Waals surface area contributed by atoms with Crippen molar-refractivity contribution in [3.63, 3.8) is 0 Å². The SMILES string of the molecule is COc1cnc([C@@H](C)[C@H](C)S(=O)(=O)Nc2nnc(-c3cccc(OC)n3)n2-c2c(OC)cccc2OC)cn1.COc1cnc([C@H](C)[C@@H](C)S(=O)(=O)Nc2nnc(-c3cccc(OC)n3)n2-c2c(OC)cccc2OC)cn1. The fourth-order valence-electron chi connectivity index (χ4n) is 7.66. The molecule has 412 valence electrons. The number of benzene rings is 2. The van der Waals surface area contributed by atoms with E-state index in [2.05, 4.69) is 59.7 Å². The molecule has 0 aliphatic heterocycles. The molecule has 28 heteroatoms. The molecule has 26 nitrogen and oxygen atoms in total. The highest BCUT2D eigenvalue weighted by Gasteiger charge is 2.34. The summed E-state index contributed by atoms with van der Waals surface area (Å²) in [5, 5.41) is 15.1. The maximum atomic E-state index is 13.6. The van der Waals surface area contributed by atoms with Crippen molar-refractivity contribution in [2.24, 2.45) is 0 Å². The van der Waals surface area contributed by atoms with Crippen molar-refractivity contribution in [2.75, 3.05) is 66.3 Å². The van der Waals surface area contributed by atoms with Crippen molar-refractivity contribution < 1.29 is 54.7 Å². The van der Waals surface area contributed by atoms with Gasteiger partial charge in [0.1, 0.15) is 45.8 Å². The Labute approximate surface area is 450 Å². The van der Waals surface area contributed by atoms with E-state index in [4.69, 9.17) is 37.9 Å². The van der Waals surface area contributed by atoms with Gasteiger partial charge in [-0.25, -0.2) is 36.8 Å². The molecule has 6 heterocycles. The summed E-state index contributed by atoms with van der Waals surface area (Å²) >= 11 is 0. The van der Waals surface area contributed by atoms with E-state index in [0.29, 0.717) is 80.7 Å². The Morgan fingerprint density at radius 3 is 1.04 bits per heavy atom. The lowest BCUT2D eigenvalue weighted by Gasteiger charge is -2.21. The molecule has 0 fully saturated rings. The van der Waals surface area contributed by atoms with Crippen molar-refractivity contribution in [3.8, 4) is 80.9 Å². The third-order valence-corrected chi connectivity index (χ3v) is 16.1. The first-order chi connectivity index (χ1) is 37.5. The normalized spacial score (nSPS) is 12.9. The molecule has 2 aromatic carbocycles. The second-order valence-corrected chi connectivity index (χ2v) is 20.8. The van der Waals surface area contributed by atoms with Crippen molar-refractivity contribution in [3.05, 3.63) is 109 Å². The summed E-state index contributed by atoms with van der Waals surface area (Å²) in [5.41, 5.74) is 2.51. The van der Waals surface area contributed by atoms with Crippen LogP contribution in [0.3, 0.4) is 0 Å². The number of sulfonamides is 2. The Morgan fingerprint density at radius 1 is 0.410 bits per heavy atom. The van der Waals surface area contributed by atoms with Crippen LogP contribution in [0, 0.1) is 0 Å². The van der Waals surface area contributed by atoms with Gasteiger partial charge in [-0.05, 0) is 50.2 Å². The Kier molecular flexibility index (Phi) is 18.1. The number of pyridine rings is 2. The number of nitrogens with zero attached hydrogens (tertiary/aromatic N) is 12. The van der Waals surface area contributed by atoms with E-state index in [1.54, 1.807) is 100 Å². The lowest BCUT2D eigenvalue weighted by atomic mass is 10.1. The van der Waals surface area contributed by atoms with Crippen LogP contribution in [0.4, 0.5) is 11.9 Å². The molecule has 78 heavy (non-hydrogen) atoms. The summed E-state index contributed by atoms with van der Waals surface area (Å²) in [4.78, 5) is 25.8. The van der Waals surface area contributed by atoms with E-state index in [1.807, 2.05) is 0 Å². The molecule has 6 aromatic heterocycles. The number of nitrogens with one attached hydrogen (secondary N) is 2. The smallest absolute Gasteiger partial charge is 0.243 e. The summed E-state index contributed by atoms with van der Waals surface area (Å²) in [6.07, 6.45) is 5.86. The van der Waals surface area contributed by atoms with E-state index >= 15 is 0 Å². The molecule has 0 spiro atoms. The van der Waals surface area contributed by atoms with Gasteiger partial charge in [0.2, 0.25) is 55.5 Å². The highest BCUT2D eigenvalue weighted by Crippen LogP contribution is 2.40. The molecule has 0 unspecified atom stereocenters. The van der Waals surface area contributed by atoms with Crippen molar-refractivity contribution in [1.29, 1.82) is 0 Å². The third kappa shape index (κ3) is 12.2. The van der Waals surface area contributed by atoms with E-state index in [-0.39, 0.29) is 23.5 Å². The third-order valence-electron chi connectivity index (χ3n) is 12.4. The van der Waals surface area contributed by atoms with E-state index in [9.17, 15) is 16.8 Å². The van der Waals surface area contributed by atoms with Gasteiger partial charge < -0.3 is 37.9 Å². The van der Waals surface area contributed by atoms with Crippen LogP contribution in [0.2, 0.25) is 0 Å². The largest absolute Gasteiger partial charge is 0.494 e. The molecule has 8 aromatic rings. The predicted octanol–water partition coefficient (Wildman–Crippen LogP) is 6.18. The zero-order chi connectivity index (χ0) is 56.3. The highest BCUT2D eigenvalue weighted by atomic mass is 32.2. The summed E-state index contributed by atoms with van der Waals surface area (Å²) in [5.74, 6) is 2.20. The van der Waals surface area contributed by atoms with Gasteiger partial charge in [0.25, 0.3) is 0 Å². The molecule has 0 radical (unpaired) electrons. The van der Waals surface area contributed by atoms with Crippen LogP contribution in [0.1, 0.15) is 50.9 Å². The average Bonchev–Trinajstić information content (AvgIpc) is 4.22. The summed E-state index contributed by atoms with van der Waals surface area (Å²) in [6.45, 7) is 6.65. The predicted molar refractivity (Wildman–Crippen MR) is 286 cm³/mol. The van der Waals surface area contributed by atoms with Gasteiger partial charge in [-0.15, -0.1) is 20.4 Å². The van der Waals surface area contributed by atoms with Crippen LogP contribution in [0.15, 0.2) is 97.6 Å². The second-order valence-electron chi connectivity index (χ2n) is 16.8. The second kappa shape index (κ2) is 24.8. The van der Waals surface area contributed by atoms with Gasteiger partial charge in [0, 0.05) is 24.0 Å². The van der Waals surface area contributed by atoms with Crippen molar-refractivity contribution in [2.45, 2.75) is 50.0 Å². The Hall–Kier alpha value is -8.92. The number of hydrogen-bond acceptors (Lipinski definition) is 22. The Bertz CT molecular complexity index is 3270. The van der Waals surface area contributed by atoms with Crippen LogP contribution >= 0.6 is 0 Å². The zero-order valence-corrected chi connectivity index (χ0v) is 46.3. The number of rotatable bonds is 22. The molecular formula is C50H58N14O12S2. The van der Waals surface area contributed by atoms with Gasteiger partial charge in [-0.3, -0.25) is 28.5 Å². The highest BCUT2D eigenvalue weighted by molar-refractivity contribution is 7.93. The molecule has 0 saturated heterocycles. The number of ether oxygens (including phenoxy) is 8. The monoisotopic (exact) mass is 1110 g/mol. The summed E-state index contributed by atoms with van der Waals surface area (Å²) in [6, 6.07) is 20.6. The minimum absolute atomic E-state index is 0.0858. The summed E-state index contributed by atoms with van der Waals surface area (Å²) in [7, 11) is 3.88. The van der Waals surface area contributed by atoms with Crippen molar-refractivity contribution in [1.82, 2.24) is 59.4 Å². The van der Waals surface area contributed by atoms with Gasteiger partial charge >= 0.3 is 0 Å². The molecule has 0 aliphatic rings. The van der Waals surface area contributed by atoms with Gasteiger partial charge in [-0.1, -0.05) is 38.1 Å². The van der Waals surface area contributed by atoms with E-state index in [1.165, 1.54) is 90.8 Å². The lowest BCUT2D eigenvalue weighted by molar-refractivity contribution is 0.391. The quantitative estimate of drug-likeness (QED) is 0.0766. The Morgan fingerprint density at radius 2 is 0.744 bits per heavy atom. The number of anilines is 2. The maximum absolute atomic E-state index is 13.6. The molecule has 0 saturated carbocycles. The van der Waals surface area contributed by atoms with Crippen LogP contribution in [-0.2, 0) is 20.0 Å². The fourth-order valence-corrected chi connectivity index (χ4v) is 10.2. The van der Waals surface area contributed by atoms with Crippen LogP contribution in [0.25, 0.3) is 34.4 Å². The standard InChI is InChI=1S/2C25H29N7O6S/c2*1-15(18-13-27-22(38-6)14-26-18)16(2)39(33,34)31-25-30-29-24(17-9-7-12-21(28-17)37-5)32(25)23-19(35-3)10-8-11-20(23)36-4/h2*7-16H,1-6H3,(H,30,31)/t2*15-,16-/m10/s1. The molecule has 0 aliphatic carbocycles. The summed E-state index contributed by atoms with van der Waals surface area (Å²) < 4.78 is 106. The molecule has 4 atom stereocenters. The van der Waals surface area contributed by atoms with E-state index < -0.39 is 42.4 Å². The van der Waals surface area contributed by atoms with Crippen LogP contribution in [-0.4, -0.2) is 144 Å².